The van der Waals surface area contributed by atoms with Gasteiger partial charge in [0.2, 0.25) is 5.75 Å². The number of rotatable bonds is 6. The lowest BCUT2D eigenvalue weighted by molar-refractivity contribution is -0.385. The maximum Gasteiger partial charge on any atom is 0.311 e. The largest absolute Gasteiger partial charge is 0.490 e. The molecule has 0 unspecified atom stereocenters. The second kappa shape index (κ2) is 6.36. The minimum atomic E-state index is -0.422. The molecule has 0 amide bonds. The number of benzene rings is 1. The number of nitro groups is 1. The van der Waals surface area contributed by atoms with Crippen LogP contribution in [0.1, 0.15) is 5.56 Å². The molecule has 1 heterocycles. The Labute approximate surface area is 122 Å². The van der Waals surface area contributed by atoms with Crippen LogP contribution in [0.2, 0.25) is 0 Å². The molecule has 112 valence electrons. The van der Waals surface area contributed by atoms with E-state index in [4.69, 9.17) is 4.74 Å². The molecular weight excluding hydrogens is 272 g/mol. The number of methoxy groups -OCH3 is 1. The zero-order valence-electron chi connectivity index (χ0n) is 12.3. The number of hydrogen-bond donors (Lipinski definition) is 1. The molecule has 0 atom stereocenters. The van der Waals surface area contributed by atoms with E-state index in [-0.39, 0.29) is 11.4 Å². The van der Waals surface area contributed by atoms with Gasteiger partial charge in [0.15, 0.2) is 0 Å². The second-order valence-corrected chi connectivity index (χ2v) is 4.68. The summed E-state index contributed by atoms with van der Waals surface area (Å²) in [5, 5.41) is 18.6. The summed E-state index contributed by atoms with van der Waals surface area (Å²) in [5.41, 5.74) is 2.13. The number of hydrogen-bond acceptors (Lipinski definition) is 5. The molecule has 0 bridgehead atoms. The van der Waals surface area contributed by atoms with Gasteiger partial charge in [-0.25, -0.2) is 0 Å². The van der Waals surface area contributed by atoms with Crippen LogP contribution in [-0.2, 0) is 13.5 Å². The SMILES string of the molecule is CNCCc1cc(-c2ccn(C)n2)c(OC)c([N+](=O)[O-])c1. The monoisotopic (exact) mass is 290 g/mol. The molecule has 21 heavy (non-hydrogen) atoms. The molecule has 0 fully saturated rings. The Hall–Kier alpha value is -2.41. The highest BCUT2D eigenvalue weighted by Crippen LogP contribution is 2.38. The van der Waals surface area contributed by atoms with Crippen LogP contribution in [0, 0.1) is 10.1 Å². The van der Waals surface area contributed by atoms with E-state index >= 15 is 0 Å². The number of ether oxygens (including phenoxy) is 1. The van der Waals surface area contributed by atoms with E-state index in [1.807, 2.05) is 19.2 Å². The van der Waals surface area contributed by atoms with Gasteiger partial charge < -0.3 is 10.1 Å². The fourth-order valence-corrected chi connectivity index (χ4v) is 2.18. The minimum Gasteiger partial charge on any atom is -0.490 e. The first-order valence-corrected chi connectivity index (χ1v) is 6.56. The molecule has 2 aromatic rings. The number of likely N-dealkylation sites (N-methyl/N-ethyl adjacent to an activating group) is 1. The van der Waals surface area contributed by atoms with Crippen LogP contribution in [0.4, 0.5) is 5.69 Å². The van der Waals surface area contributed by atoms with Crippen LogP contribution in [0.15, 0.2) is 24.4 Å². The van der Waals surface area contributed by atoms with Gasteiger partial charge in [0.25, 0.3) is 0 Å². The van der Waals surface area contributed by atoms with Gasteiger partial charge in [-0.3, -0.25) is 14.8 Å². The first kappa shape index (κ1) is 15.0. The van der Waals surface area contributed by atoms with E-state index in [0.717, 1.165) is 12.1 Å². The Balaban J connectivity index is 2.59. The third-order valence-electron chi connectivity index (χ3n) is 3.18. The second-order valence-electron chi connectivity index (χ2n) is 4.68. The Morgan fingerprint density at radius 3 is 2.76 bits per heavy atom. The van der Waals surface area contributed by atoms with Crippen molar-refractivity contribution in [3.8, 4) is 17.0 Å². The van der Waals surface area contributed by atoms with E-state index in [1.165, 1.54) is 7.11 Å². The number of aromatic nitrogens is 2. The molecule has 0 saturated carbocycles. The summed E-state index contributed by atoms with van der Waals surface area (Å²) in [5.74, 6) is 0.243. The molecule has 2 rings (SSSR count). The van der Waals surface area contributed by atoms with Crippen LogP contribution in [-0.4, -0.2) is 35.4 Å². The zero-order valence-corrected chi connectivity index (χ0v) is 12.3. The van der Waals surface area contributed by atoms with Crippen molar-refractivity contribution in [3.63, 3.8) is 0 Å². The van der Waals surface area contributed by atoms with Crippen molar-refractivity contribution in [3.05, 3.63) is 40.1 Å². The minimum absolute atomic E-state index is 0.0354. The van der Waals surface area contributed by atoms with Gasteiger partial charge in [-0.15, -0.1) is 0 Å². The Bertz CT molecular complexity index is 652. The number of nitro benzene ring substituents is 1. The molecule has 0 spiro atoms. The van der Waals surface area contributed by atoms with E-state index < -0.39 is 4.92 Å². The van der Waals surface area contributed by atoms with Gasteiger partial charge in [-0.2, -0.15) is 5.10 Å². The molecule has 0 saturated heterocycles. The Morgan fingerprint density at radius 1 is 1.48 bits per heavy atom. The van der Waals surface area contributed by atoms with Crippen LogP contribution in [0.3, 0.4) is 0 Å². The molecule has 0 aliphatic heterocycles. The smallest absolute Gasteiger partial charge is 0.311 e. The highest BCUT2D eigenvalue weighted by molar-refractivity contribution is 5.74. The maximum atomic E-state index is 11.3. The maximum absolute atomic E-state index is 11.3. The lowest BCUT2D eigenvalue weighted by Crippen LogP contribution is -2.10. The van der Waals surface area contributed by atoms with Crippen molar-refractivity contribution >= 4 is 5.69 Å². The lowest BCUT2D eigenvalue weighted by atomic mass is 10.0. The average Bonchev–Trinajstić information content (AvgIpc) is 2.90. The summed E-state index contributed by atoms with van der Waals surface area (Å²) in [4.78, 5) is 10.9. The fraction of sp³-hybridized carbons (Fsp3) is 0.357. The first-order valence-electron chi connectivity index (χ1n) is 6.56. The Kier molecular flexibility index (Phi) is 4.54. The number of nitrogens with one attached hydrogen (secondary N) is 1. The normalized spacial score (nSPS) is 10.6. The third kappa shape index (κ3) is 3.19. The van der Waals surface area contributed by atoms with Crippen molar-refractivity contribution in [1.29, 1.82) is 0 Å². The molecule has 7 heteroatoms. The quantitative estimate of drug-likeness (QED) is 0.647. The molecule has 0 aliphatic rings. The van der Waals surface area contributed by atoms with Gasteiger partial charge >= 0.3 is 5.69 Å². The van der Waals surface area contributed by atoms with Crippen LogP contribution < -0.4 is 10.1 Å². The van der Waals surface area contributed by atoms with Crippen LogP contribution >= 0.6 is 0 Å². The highest BCUT2D eigenvalue weighted by atomic mass is 16.6. The summed E-state index contributed by atoms with van der Waals surface area (Å²) in [7, 11) is 5.08. The van der Waals surface area contributed by atoms with Crippen molar-refractivity contribution < 1.29 is 9.66 Å². The first-order chi connectivity index (χ1) is 10.1. The molecule has 1 N–H and O–H groups in total. The topological polar surface area (TPSA) is 82.2 Å². The molecule has 1 aromatic heterocycles. The third-order valence-corrected chi connectivity index (χ3v) is 3.18. The van der Waals surface area contributed by atoms with Gasteiger partial charge in [0.1, 0.15) is 0 Å². The predicted molar refractivity (Wildman–Crippen MR) is 79.5 cm³/mol. The van der Waals surface area contributed by atoms with Gasteiger partial charge in [0, 0.05) is 19.3 Å². The summed E-state index contributed by atoms with van der Waals surface area (Å²) in [6, 6.07) is 5.26. The lowest BCUT2D eigenvalue weighted by Gasteiger charge is -2.10. The molecule has 7 nitrogen and oxygen atoms in total. The summed E-state index contributed by atoms with van der Waals surface area (Å²) < 4.78 is 6.91. The number of aryl methyl sites for hydroxylation is 1. The average molecular weight is 290 g/mol. The summed E-state index contributed by atoms with van der Waals surface area (Å²) in [6.07, 6.45) is 2.49. The van der Waals surface area contributed by atoms with Gasteiger partial charge in [-0.05, 0) is 37.7 Å². The number of nitrogens with zero attached hydrogens (tertiary/aromatic N) is 3. The van der Waals surface area contributed by atoms with Crippen molar-refractivity contribution in [1.82, 2.24) is 15.1 Å². The zero-order chi connectivity index (χ0) is 15.4. The van der Waals surface area contributed by atoms with Gasteiger partial charge in [0.05, 0.1) is 23.3 Å². The molecule has 0 aliphatic carbocycles. The summed E-state index contributed by atoms with van der Waals surface area (Å²) >= 11 is 0. The van der Waals surface area contributed by atoms with E-state index in [2.05, 4.69) is 10.4 Å². The standard InChI is InChI=1S/C14H18N4O3/c1-15-6-4-10-8-11(12-5-7-17(2)16-12)14(21-3)13(9-10)18(19)20/h5,7-9,15H,4,6H2,1-3H3. The molecule has 0 radical (unpaired) electrons. The predicted octanol–water partition coefficient (Wildman–Crippen LogP) is 1.77. The van der Waals surface area contributed by atoms with Crippen molar-refractivity contribution in [2.45, 2.75) is 6.42 Å². The Morgan fingerprint density at radius 2 is 2.24 bits per heavy atom. The summed E-state index contributed by atoms with van der Waals surface area (Å²) in [6.45, 7) is 0.741. The molecule has 1 aromatic carbocycles. The van der Waals surface area contributed by atoms with Gasteiger partial charge in [-0.1, -0.05) is 0 Å². The van der Waals surface area contributed by atoms with E-state index in [1.54, 1.807) is 24.0 Å². The molecular formula is C14H18N4O3. The van der Waals surface area contributed by atoms with Crippen LogP contribution in [0.25, 0.3) is 11.3 Å². The van der Waals surface area contributed by atoms with Crippen molar-refractivity contribution in [2.75, 3.05) is 20.7 Å². The van der Waals surface area contributed by atoms with Crippen LogP contribution in [0.5, 0.6) is 5.75 Å². The van der Waals surface area contributed by atoms with Crippen molar-refractivity contribution in [2.24, 2.45) is 7.05 Å². The van der Waals surface area contributed by atoms with E-state index in [0.29, 0.717) is 17.7 Å². The highest BCUT2D eigenvalue weighted by Gasteiger charge is 2.22. The van der Waals surface area contributed by atoms with E-state index in [9.17, 15) is 10.1 Å². The fourth-order valence-electron chi connectivity index (χ4n) is 2.18.